The van der Waals surface area contributed by atoms with E-state index in [0.717, 1.165) is 5.56 Å². The maximum Gasteiger partial charge on any atom is 0.276 e. The number of aryl methyl sites for hydroxylation is 2. The Morgan fingerprint density at radius 3 is 2.50 bits per heavy atom. The lowest BCUT2D eigenvalue weighted by molar-refractivity contribution is 0.354. The molecule has 0 saturated heterocycles. The zero-order chi connectivity index (χ0) is 17.7. The zero-order valence-electron chi connectivity index (χ0n) is 14.0. The standard InChI is InChI=1S/C17H20N2O4S/c1-12-8-9-13(2)16(10-12)24(20,21)19-18-11-14-6-5-7-15(22-3)17(14)23-4/h5-11,19H,1-4H3. The Labute approximate surface area is 142 Å². The van der Waals surface area contributed by atoms with Gasteiger partial charge < -0.3 is 9.47 Å². The van der Waals surface area contributed by atoms with Crippen LogP contribution >= 0.6 is 0 Å². The Balaban J connectivity index is 2.27. The Hall–Kier alpha value is -2.54. The maximum atomic E-state index is 12.4. The molecule has 0 atom stereocenters. The number of para-hydroxylation sites is 1. The van der Waals surface area contributed by atoms with Gasteiger partial charge in [0.1, 0.15) is 0 Å². The first kappa shape index (κ1) is 17.8. The monoisotopic (exact) mass is 348 g/mol. The summed E-state index contributed by atoms with van der Waals surface area (Å²) in [6.45, 7) is 3.58. The Kier molecular flexibility index (Phi) is 5.46. The molecule has 0 amide bonds. The van der Waals surface area contributed by atoms with Crippen LogP contribution in [0.3, 0.4) is 0 Å². The Bertz CT molecular complexity index is 861. The molecular weight excluding hydrogens is 328 g/mol. The molecule has 0 aliphatic carbocycles. The summed E-state index contributed by atoms with van der Waals surface area (Å²) < 4.78 is 35.3. The van der Waals surface area contributed by atoms with Crippen LogP contribution in [0.5, 0.6) is 11.5 Å². The van der Waals surface area contributed by atoms with E-state index in [0.29, 0.717) is 22.6 Å². The van der Waals surface area contributed by atoms with Gasteiger partial charge in [-0.1, -0.05) is 18.2 Å². The van der Waals surface area contributed by atoms with Gasteiger partial charge in [-0.3, -0.25) is 0 Å². The molecule has 0 aliphatic heterocycles. The normalized spacial score (nSPS) is 11.5. The second kappa shape index (κ2) is 7.35. The van der Waals surface area contributed by atoms with Crippen LogP contribution in [0.15, 0.2) is 46.4 Å². The SMILES string of the molecule is COc1cccc(C=NNS(=O)(=O)c2cc(C)ccc2C)c1OC. The van der Waals surface area contributed by atoms with Gasteiger partial charge in [0.15, 0.2) is 11.5 Å². The summed E-state index contributed by atoms with van der Waals surface area (Å²) in [5.41, 5.74) is 2.11. The van der Waals surface area contributed by atoms with Crippen molar-refractivity contribution in [2.75, 3.05) is 14.2 Å². The van der Waals surface area contributed by atoms with E-state index in [1.165, 1.54) is 20.4 Å². The van der Waals surface area contributed by atoms with Crippen LogP contribution in [0.4, 0.5) is 0 Å². The molecule has 0 heterocycles. The third-order valence-corrected chi connectivity index (χ3v) is 4.81. The quantitative estimate of drug-likeness (QED) is 0.643. The summed E-state index contributed by atoms with van der Waals surface area (Å²) in [6.07, 6.45) is 1.38. The molecule has 128 valence electrons. The molecule has 0 fully saturated rings. The molecule has 0 unspecified atom stereocenters. The number of benzene rings is 2. The largest absolute Gasteiger partial charge is 0.493 e. The highest BCUT2D eigenvalue weighted by molar-refractivity contribution is 7.89. The zero-order valence-corrected chi connectivity index (χ0v) is 14.8. The predicted molar refractivity (Wildman–Crippen MR) is 93.4 cm³/mol. The second-order valence-electron chi connectivity index (χ2n) is 5.20. The highest BCUT2D eigenvalue weighted by Gasteiger charge is 2.16. The fraction of sp³-hybridized carbons (Fsp3) is 0.235. The highest BCUT2D eigenvalue weighted by atomic mass is 32.2. The molecule has 1 N–H and O–H groups in total. The van der Waals surface area contributed by atoms with E-state index >= 15 is 0 Å². The highest BCUT2D eigenvalue weighted by Crippen LogP contribution is 2.29. The van der Waals surface area contributed by atoms with Crippen molar-refractivity contribution < 1.29 is 17.9 Å². The van der Waals surface area contributed by atoms with Gasteiger partial charge in [-0.25, -0.2) is 4.83 Å². The lowest BCUT2D eigenvalue weighted by Gasteiger charge is -2.10. The van der Waals surface area contributed by atoms with Gasteiger partial charge >= 0.3 is 0 Å². The van der Waals surface area contributed by atoms with E-state index in [4.69, 9.17) is 9.47 Å². The van der Waals surface area contributed by atoms with Crippen LogP contribution in [0.1, 0.15) is 16.7 Å². The molecule has 0 spiro atoms. The van der Waals surface area contributed by atoms with Crippen molar-refractivity contribution in [1.29, 1.82) is 0 Å². The fourth-order valence-corrected chi connectivity index (χ4v) is 3.35. The minimum absolute atomic E-state index is 0.206. The molecule has 6 nitrogen and oxygen atoms in total. The summed E-state index contributed by atoms with van der Waals surface area (Å²) >= 11 is 0. The molecule has 2 aromatic rings. The fourth-order valence-electron chi connectivity index (χ4n) is 2.22. The molecule has 24 heavy (non-hydrogen) atoms. The number of hydrazone groups is 1. The number of hydrogen-bond acceptors (Lipinski definition) is 5. The van der Waals surface area contributed by atoms with Crippen molar-refractivity contribution in [2.45, 2.75) is 18.7 Å². The van der Waals surface area contributed by atoms with Crippen molar-refractivity contribution in [3.8, 4) is 11.5 Å². The first-order valence-corrected chi connectivity index (χ1v) is 8.70. The molecule has 2 aromatic carbocycles. The topological polar surface area (TPSA) is 77.0 Å². The first-order chi connectivity index (χ1) is 11.4. The third-order valence-electron chi connectivity index (χ3n) is 3.44. The van der Waals surface area contributed by atoms with Gasteiger partial charge in [0.25, 0.3) is 10.0 Å². The summed E-state index contributed by atoms with van der Waals surface area (Å²) in [5, 5.41) is 3.85. The number of nitrogens with one attached hydrogen (secondary N) is 1. The van der Waals surface area contributed by atoms with Crippen LogP contribution in [0.25, 0.3) is 0 Å². The van der Waals surface area contributed by atoms with Gasteiger partial charge in [-0.2, -0.15) is 13.5 Å². The van der Waals surface area contributed by atoms with Crippen LogP contribution < -0.4 is 14.3 Å². The van der Waals surface area contributed by atoms with Crippen LogP contribution in [-0.4, -0.2) is 28.9 Å². The van der Waals surface area contributed by atoms with Gasteiger partial charge in [0.2, 0.25) is 0 Å². The van der Waals surface area contributed by atoms with Crippen molar-refractivity contribution in [3.05, 3.63) is 53.1 Å². The summed E-state index contributed by atoms with van der Waals surface area (Å²) in [6, 6.07) is 10.5. The smallest absolute Gasteiger partial charge is 0.276 e. The summed E-state index contributed by atoms with van der Waals surface area (Å²) in [4.78, 5) is 2.43. The van der Waals surface area contributed by atoms with Crippen molar-refractivity contribution in [3.63, 3.8) is 0 Å². The third kappa shape index (κ3) is 3.86. The summed E-state index contributed by atoms with van der Waals surface area (Å²) in [7, 11) is -0.700. The number of rotatable bonds is 6. The van der Waals surface area contributed by atoms with Gasteiger partial charge in [-0.15, -0.1) is 0 Å². The number of sulfonamides is 1. The summed E-state index contributed by atoms with van der Waals surface area (Å²) in [5.74, 6) is 1.02. The van der Waals surface area contributed by atoms with E-state index in [-0.39, 0.29) is 4.90 Å². The van der Waals surface area contributed by atoms with Gasteiger partial charge in [0.05, 0.1) is 25.3 Å². The number of hydrogen-bond donors (Lipinski definition) is 1. The Morgan fingerprint density at radius 2 is 1.83 bits per heavy atom. The first-order valence-electron chi connectivity index (χ1n) is 7.22. The Morgan fingerprint density at radius 1 is 1.08 bits per heavy atom. The van der Waals surface area contributed by atoms with Gasteiger partial charge in [0, 0.05) is 5.56 Å². The van der Waals surface area contributed by atoms with E-state index in [2.05, 4.69) is 9.93 Å². The van der Waals surface area contributed by atoms with E-state index in [9.17, 15) is 8.42 Å². The van der Waals surface area contributed by atoms with Gasteiger partial charge in [-0.05, 0) is 43.2 Å². The molecular formula is C17H20N2O4S. The number of nitrogens with zero attached hydrogens (tertiary/aromatic N) is 1. The second-order valence-corrected chi connectivity index (χ2v) is 6.83. The molecule has 7 heteroatoms. The van der Waals surface area contributed by atoms with E-state index < -0.39 is 10.0 Å². The molecule has 0 saturated carbocycles. The predicted octanol–water partition coefficient (Wildman–Crippen LogP) is 2.63. The average molecular weight is 348 g/mol. The molecule has 0 bridgehead atoms. The molecule has 0 aliphatic rings. The van der Waals surface area contributed by atoms with Crippen molar-refractivity contribution in [1.82, 2.24) is 4.83 Å². The average Bonchev–Trinajstić information content (AvgIpc) is 2.56. The van der Waals surface area contributed by atoms with Crippen LogP contribution in [-0.2, 0) is 10.0 Å². The van der Waals surface area contributed by atoms with Crippen molar-refractivity contribution in [2.24, 2.45) is 5.10 Å². The van der Waals surface area contributed by atoms with E-state index in [1.54, 1.807) is 37.3 Å². The van der Waals surface area contributed by atoms with E-state index in [1.807, 2.05) is 13.0 Å². The van der Waals surface area contributed by atoms with Crippen LogP contribution in [0.2, 0.25) is 0 Å². The molecule has 0 aromatic heterocycles. The lowest BCUT2D eigenvalue weighted by Crippen LogP contribution is -2.19. The number of methoxy groups -OCH3 is 2. The van der Waals surface area contributed by atoms with Crippen molar-refractivity contribution >= 4 is 16.2 Å². The lowest BCUT2D eigenvalue weighted by atomic mass is 10.2. The molecule has 0 radical (unpaired) electrons. The number of ether oxygens (including phenoxy) is 2. The maximum absolute atomic E-state index is 12.4. The minimum Gasteiger partial charge on any atom is -0.493 e. The minimum atomic E-state index is -3.74. The van der Waals surface area contributed by atoms with Crippen LogP contribution in [0, 0.1) is 13.8 Å². The molecule has 2 rings (SSSR count).